The number of amides is 2. The molecule has 0 unspecified atom stereocenters. The molecule has 1 aliphatic rings. The van der Waals surface area contributed by atoms with Crippen molar-refractivity contribution in [1.29, 1.82) is 0 Å². The monoisotopic (exact) mass is 154 g/mol. The van der Waals surface area contributed by atoms with Crippen LogP contribution in [0.3, 0.4) is 0 Å². The highest BCUT2D eigenvalue weighted by molar-refractivity contribution is 6.16. The highest BCUT2D eigenvalue weighted by Crippen LogP contribution is 2.08. The van der Waals surface area contributed by atoms with Crippen molar-refractivity contribution in [2.24, 2.45) is 5.73 Å². The van der Waals surface area contributed by atoms with Gasteiger partial charge in [-0.05, 0) is 19.4 Å². The van der Waals surface area contributed by atoms with E-state index in [4.69, 9.17) is 5.73 Å². The maximum atomic E-state index is 10.8. The zero-order valence-electron chi connectivity index (χ0n) is 6.09. The smallest absolute Gasteiger partial charge is 0.254 e. The van der Waals surface area contributed by atoms with Crippen LogP contribution in [0.5, 0.6) is 0 Å². The van der Waals surface area contributed by atoms with Crippen LogP contribution in [0.4, 0.5) is 0 Å². The fourth-order valence-corrected chi connectivity index (χ4v) is 0.930. The van der Waals surface area contributed by atoms with Gasteiger partial charge in [-0.25, -0.2) is 0 Å². The Balaban J connectivity index is 2.50. The molecule has 0 fully saturated rings. The molecule has 11 heavy (non-hydrogen) atoms. The summed E-state index contributed by atoms with van der Waals surface area (Å²) in [7, 11) is 0. The number of carbonyl (C=O) groups excluding carboxylic acids is 2. The van der Waals surface area contributed by atoms with Crippen molar-refractivity contribution >= 4 is 11.8 Å². The van der Waals surface area contributed by atoms with Crippen molar-refractivity contribution in [2.45, 2.75) is 12.8 Å². The number of carbonyl (C=O) groups is 2. The van der Waals surface area contributed by atoms with Crippen molar-refractivity contribution in [2.75, 3.05) is 6.54 Å². The average Bonchev–Trinajstić information content (AvgIpc) is 2.26. The van der Waals surface area contributed by atoms with Crippen LogP contribution in [-0.2, 0) is 9.59 Å². The first kappa shape index (κ1) is 7.94. The van der Waals surface area contributed by atoms with Crippen molar-refractivity contribution in [1.82, 2.24) is 5.32 Å². The van der Waals surface area contributed by atoms with Gasteiger partial charge in [0.25, 0.3) is 11.8 Å². The lowest BCUT2D eigenvalue weighted by molar-refractivity contribution is -0.123. The summed E-state index contributed by atoms with van der Waals surface area (Å²) >= 11 is 0. The van der Waals surface area contributed by atoms with E-state index in [0.717, 1.165) is 6.42 Å². The summed E-state index contributed by atoms with van der Waals surface area (Å²) in [6, 6.07) is 0. The lowest BCUT2D eigenvalue weighted by Crippen LogP contribution is -2.22. The second-order valence-electron chi connectivity index (χ2n) is 2.38. The van der Waals surface area contributed by atoms with Gasteiger partial charge in [0.05, 0.1) is 0 Å². The van der Waals surface area contributed by atoms with Crippen LogP contribution >= 0.6 is 0 Å². The molecular formula is C7H10N2O2. The molecule has 0 radical (unpaired) electrons. The number of imide groups is 1. The number of nitrogens with one attached hydrogen (secondary N) is 1. The molecule has 1 aliphatic heterocycles. The standard InChI is InChI=1S/C7H10N2O2/c8-3-1-2-5-4-6(10)9-7(5)11/h4H,1-3,8H2,(H,9,10,11). The van der Waals surface area contributed by atoms with Crippen molar-refractivity contribution in [3.8, 4) is 0 Å². The lowest BCUT2D eigenvalue weighted by Gasteiger charge is -1.95. The van der Waals surface area contributed by atoms with Crippen LogP contribution in [0.2, 0.25) is 0 Å². The molecule has 0 atom stereocenters. The van der Waals surface area contributed by atoms with E-state index in [1.165, 1.54) is 6.08 Å². The zero-order chi connectivity index (χ0) is 8.27. The first-order valence-corrected chi connectivity index (χ1v) is 3.50. The van der Waals surface area contributed by atoms with Gasteiger partial charge < -0.3 is 5.73 Å². The maximum Gasteiger partial charge on any atom is 0.254 e. The fraction of sp³-hybridized carbons (Fsp3) is 0.429. The Hall–Kier alpha value is -1.16. The van der Waals surface area contributed by atoms with Gasteiger partial charge in [-0.1, -0.05) is 0 Å². The summed E-state index contributed by atoms with van der Waals surface area (Å²) in [4.78, 5) is 21.4. The van der Waals surface area contributed by atoms with E-state index in [9.17, 15) is 9.59 Å². The van der Waals surface area contributed by atoms with E-state index in [2.05, 4.69) is 5.32 Å². The van der Waals surface area contributed by atoms with E-state index >= 15 is 0 Å². The first-order chi connectivity index (χ1) is 5.24. The molecule has 2 amide bonds. The second kappa shape index (κ2) is 3.30. The summed E-state index contributed by atoms with van der Waals surface area (Å²) in [5, 5.41) is 2.16. The minimum Gasteiger partial charge on any atom is -0.330 e. The number of nitrogens with two attached hydrogens (primary N) is 1. The molecule has 60 valence electrons. The van der Waals surface area contributed by atoms with Gasteiger partial charge >= 0.3 is 0 Å². The summed E-state index contributed by atoms with van der Waals surface area (Å²) in [6.07, 6.45) is 2.67. The van der Waals surface area contributed by atoms with Crippen LogP contribution in [-0.4, -0.2) is 18.4 Å². The van der Waals surface area contributed by atoms with Gasteiger partial charge in [0.2, 0.25) is 0 Å². The Labute approximate surface area is 64.4 Å². The Morgan fingerprint density at radius 2 is 2.18 bits per heavy atom. The molecule has 1 rings (SSSR count). The van der Waals surface area contributed by atoms with Gasteiger partial charge in [0.15, 0.2) is 0 Å². The van der Waals surface area contributed by atoms with Crippen LogP contribution < -0.4 is 11.1 Å². The van der Waals surface area contributed by atoms with Gasteiger partial charge in [-0.2, -0.15) is 0 Å². The molecule has 0 aliphatic carbocycles. The highest BCUT2D eigenvalue weighted by Gasteiger charge is 2.19. The molecule has 0 aromatic rings. The van der Waals surface area contributed by atoms with Crippen LogP contribution in [0.1, 0.15) is 12.8 Å². The SMILES string of the molecule is NCCCC1=CC(=O)NC1=O. The maximum absolute atomic E-state index is 10.8. The van der Waals surface area contributed by atoms with Crippen molar-refractivity contribution in [3.05, 3.63) is 11.6 Å². The van der Waals surface area contributed by atoms with Gasteiger partial charge in [0, 0.05) is 11.6 Å². The Kier molecular flexibility index (Phi) is 2.38. The van der Waals surface area contributed by atoms with E-state index in [1.807, 2.05) is 0 Å². The minimum absolute atomic E-state index is 0.275. The summed E-state index contributed by atoms with van der Waals surface area (Å²) < 4.78 is 0. The number of hydrogen-bond donors (Lipinski definition) is 2. The van der Waals surface area contributed by atoms with E-state index in [0.29, 0.717) is 18.5 Å². The molecule has 0 saturated carbocycles. The molecule has 0 saturated heterocycles. The Bertz CT molecular complexity index is 220. The number of rotatable bonds is 3. The van der Waals surface area contributed by atoms with Crippen LogP contribution in [0.15, 0.2) is 11.6 Å². The third kappa shape index (κ3) is 1.88. The zero-order valence-corrected chi connectivity index (χ0v) is 6.09. The molecule has 4 nitrogen and oxygen atoms in total. The van der Waals surface area contributed by atoms with Crippen LogP contribution in [0, 0.1) is 0 Å². The van der Waals surface area contributed by atoms with Gasteiger partial charge in [-0.15, -0.1) is 0 Å². The summed E-state index contributed by atoms with van der Waals surface area (Å²) in [6.45, 7) is 0.540. The molecule has 0 aromatic heterocycles. The summed E-state index contributed by atoms with van der Waals surface area (Å²) in [5.41, 5.74) is 5.78. The molecule has 0 aromatic carbocycles. The topological polar surface area (TPSA) is 72.2 Å². The molecule has 1 heterocycles. The largest absolute Gasteiger partial charge is 0.330 e. The molecule has 0 bridgehead atoms. The third-order valence-electron chi connectivity index (χ3n) is 1.48. The van der Waals surface area contributed by atoms with E-state index < -0.39 is 0 Å². The fourth-order valence-electron chi connectivity index (χ4n) is 0.930. The van der Waals surface area contributed by atoms with Gasteiger partial charge in [-0.3, -0.25) is 14.9 Å². The number of hydrogen-bond acceptors (Lipinski definition) is 3. The normalized spacial score (nSPS) is 16.6. The van der Waals surface area contributed by atoms with Crippen LogP contribution in [0.25, 0.3) is 0 Å². The molecular weight excluding hydrogens is 144 g/mol. The van der Waals surface area contributed by atoms with E-state index in [1.54, 1.807) is 0 Å². The summed E-state index contributed by atoms with van der Waals surface area (Å²) in [5.74, 6) is -0.592. The Morgan fingerprint density at radius 3 is 2.64 bits per heavy atom. The van der Waals surface area contributed by atoms with Crippen molar-refractivity contribution in [3.63, 3.8) is 0 Å². The predicted octanol–water partition coefficient (Wildman–Crippen LogP) is -0.692. The quantitative estimate of drug-likeness (QED) is 0.528. The molecule has 3 N–H and O–H groups in total. The highest BCUT2D eigenvalue weighted by atomic mass is 16.2. The average molecular weight is 154 g/mol. The lowest BCUT2D eigenvalue weighted by atomic mass is 10.1. The first-order valence-electron chi connectivity index (χ1n) is 3.50. The third-order valence-corrected chi connectivity index (χ3v) is 1.48. The van der Waals surface area contributed by atoms with Gasteiger partial charge in [0.1, 0.15) is 0 Å². The van der Waals surface area contributed by atoms with Crippen molar-refractivity contribution < 1.29 is 9.59 Å². The predicted molar refractivity (Wildman–Crippen MR) is 39.5 cm³/mol. The second-order valence-corrected chi connectivity index (χ2v) is 2.38. The molecule has 0 spiro atoms. The molecule has 4 heteroatoms. The minimum atomic E-state index is -0.318. The van der Waals surface area contributed by atoms with E-state index in [-0.39, 0.29) is 11.8 Å². The Morgan fingerprint density at radius 1 is 1.45 bits per heavy atom.